The number of esters is 1. The third-order valence-electron chi connectivity index (χ3n) is 4.42. The first-order valence-electron chi connectivity index (χ1n) is 8.26. The highest BCUT2D eigenvalue weighted by molar-refractivity contribution is 5.77. The summed E-state index contributed by atoms with van der Waals surface area (Å²) in [5, 5.41) is 0. The quantitative estimate of drug-likeness (QED) is 0.730. The zero-order chi connectivity index (χ0) is 15.1. The van der Waals surface area contributed by atoms with Gasteiger partial charge in [0.2, 0.25) is 5.91 Å². The van der Waals surface area contributed by atoms with Gasteiger partial charge in [-0.25, -0.2) is 0 Å². The first kappa shape index (κ1) is 16.3. The highest BCUT2D eigenvalue weighted by atomic mass is 16.5. The number of carbonyl (C=O) groups excluding carboxylic acids is 2. The molecule has 2 aliphatic heterocycles. The van der Waals surface area contributed by atoms with E-state index in [1.807, 2.05) is 11.8 Å². The predicted molar refractivity (Wildman–Crippen MR) is 78.8 cm³/mol. The zero-order valence-electron chi connectivity index (χ0n) is 13.0. The van der Waals surface area contributed by atoms with Crippen LogP contribution in [0.2, 0.25) is 0 Å². The minimum Gasteiger partial charge on any atom is -0.466 e. The Hall–Kier alpha value is -1.10. The zero-order valence-corrected chi connectivity index (χ0v) is 13.0. The number of piperidine rings is 1. The van der Waals surface area contributed by atoms with Crippen LogP contribution in [-0.2, 0) is 19.1 Å². The van der Waals surface area contributed by atoms with E-state index >= 15 is 0 Å². The molecular formula is C16H27NO4. The highest BCUT2D eigenvalue weighted by Crippen LogP contribution is 2.21. The largest absolute Gasteiger partial charge is 0.466 e. The molecule has 0 bridgehead atoms. The van der Waals surface area contributed by atoms with Crippen LogP contribution in [0.3, 0.4) is 0 Å². The third-order valence-corrected chi connectivity index (χ3v) is 4.42. The molecule has 5 nitrogen and oxygen atoms in total. The fourth-order valence-electron chi connectivity index (χ4n) is 3.10. The van der Waals surface area contributed by atoms with Crippen LogP contribution in [0.4, 0.5) is 0 Å². The van der Waals surface area contributed by atoms with Crippen molar-refractivity contribution in [1.82, 2.24) is 4.90 Å². The van der Waals surface area contributed by atoms with Crippen LogP contribution < -0.4 is 0 Å². The number of likely N-dealkylation sites (tertiary alicyclic amines) is 1. The molecule has 2 heterocycles. The van der Waals surface area contributed by atoms with Gasteiger partial charge in [0.15, 0.2) is 0 Å². The Labute approximate surface area is 127 Å². The molecular weight excluding hydrogens is 270 g/mol. The van der Waals surface area contributed by atoms with Crippen molar-refractivity contribution in [3.63, 3.8) is 0 Å². The molecule has 2 saturated heterocycles. The number of nitrogens with zero attached hydrogens (tertiary/aromatic N) is 1. The summed E-state index contributed by atoms with van der Waals surface area (Å²) in [6.07, 6.45) is 6.55. The van der Waals surface area contributed by atoms with Crippen LogP contribution >= 0.6 is 0 Å². The van der Waals surface area contributed by atoms with Crippen molar-refractivity contribution in [2.24, 2.45) is 5.92 Å². The molecule has 0 N–H and O–H groups in total. The second-order valence-electron chi connectivity index (χ2n) is 5.93. The average Bonchev–Trinajstić information content (AvgIpc) is 2.54. The minimum atomic E-state index is -0.111. The van der Waals surface area contributed by atoms with Crippen LogP contribution in [0.25, 0.3) is 0 Å². The summed E-state index contributed by atoms with van der Waals surface area (Å²) < 4.78 is 10.7. The molecule has 21 heavy (non-hydrogen) atoms. The van der Waals surface area contributed by atoms with Crippen LogP contribution in [-0.4, -0.2) is 49.2 Å². The normalized spacial score (nSPS) is 23.9. The van der Waals surface area contributed by atoms with E-state index < -0.39 is 0 Å². The maximum atomic E-state index is 12.2. The van der Waals surface area contributed by atoms with Crippen molar-refractivity contribution in [2.75, 3.05) is 26.3 Å². The summed E-state index contributed by atoms with van der Waals surface area (Å²) >= 11 is 0. The third kappa shape index (κ3) is 4.99. The molecule has 5 heteroatoms. The summed E-state index contributed by atoms with van der Waals surface area (Å²) in [7, 11) is 0. The molecule has 1 unspecified atom stereocenters. The van der Waals surface area contributed by atoms with Gasteiger partial charge in [0.05, 0.1) is 18.6 Å². The molecule has 1 amide bonds. The van der Waals surface area contributed by atoms with Gasteiger partial charge >= 0.3 is 5.97 Å². The lowest BCUT2D eigenvalue weighted by Gasteiger charge is -2.31. The lowest BCUT2D eigenvalue weighted by Crippen LogP contribution is -2.41. The lowest BCUT2D eigenvalue weighted by molar-refractivity contribution is -0.151. The Kier molecular flexibility index (Phi) is 6.49. The van der Waals surface area contributed by atoms with Gasteiger partial charge in [0, 0.05) is 26.1 Å². The SMILES string of the molecule is CCOC(=O)C1CCN(C(=O)CCC2CCCCO2)CC1. The van der Waals surface area contributed by atoms with E-state index in [0.717, 1.165) is 38.7 Å². The van der Waals surface area contributed by atoms with Gasteiger partial charge in [-0.3, -0.25) is 9.59 Å². The number of ether oxygens (including phenoxy) is 2. The van der Waals surface area contributed by atoms with Crippen molar-refractivity contribution in [3.05, 3.63) is 0 Å². The van der Waals surface area contributed by atoms with Gasteiger partial charge < -0.3 is 14.4 Å². The molecule has 0 spiro atoms. The Bertz CT molecular complexity index is 344. The smallest absolute Gasteiger partial charge is 0.309 e. The first-order valence-corrected chi connectivity index (χ1v) is 8.26. The van der Waals surface area contributed by atoms with Crippen molar-refractivity contribution in [1.29, 1.82) is 0 Å². The number of rotatable bonds is 5. The summed E-state index contributed by atoms with van der Waals surface area (Å²) in [5.74, 6) is 0.0577. The minimum absolute atomic E-state index is 0.0318. The molecule has 2 aliphatic rings. The molecule has 120 valence electrons. The van der Waals surface area contributed by atoms with E-state index in [1.54, 1.807) is 0 Å². The summed E-state index contributed by atoms with van der Waals surface area (Å²) in [5.41, 5.74) is 0. The predicted octanol–water partition coefficient (Wildman–Crippen LogP) is 2.14. The van der Waals surface area contributed by atoms with Crippen molar-refractivity contribution in [3.8, 4) is 0 Å². The number of carbonyl (C=O) groups is 2. The number of hydrogen-bond donors (Lipinski definition) is 0. The topological polar surface area (TPSA) is 55.8 Å². The molecule has 0 aliphatic carbocycles. The number of hydrogen-bond acceptors (Lipinski definition) is 4. The van der Waals surface area contributed by atoms with Gasteiger partial charge in [0.1, 0.15) is 0 Å². The Morgan fingerprint density at radius 1 is 1.19 bits per heavy atom. The molecule has 0 aromatic rings. The molecule has 2 rings (SSSR count). The van der Waals surface area contributed by atoms with Gasteiger partial charge in [0.25, 0.3) is 0 Å². The molecule has 0 aromatic heterocycles. The van der Waals surface area contributed by atoms with Gasteiger partial charge in [-0.05, 0) is 45.4 Å². The van der Waals surface area contributed by atoms with Crippen LogP contribution in [0, 0.1) is 5.92 Å². The van der Waals surface area contributed by atoms with Crippen LogP contribution in [0.15, 0.2) is 0 Å². The maximum Gasteiger partial charge on any atom is 0.309 e. The van der Waals surface area contributed by atoms with E-state index in [4.69, 9.17) is 9.47 Å². The Balaban J connectivity index is 1.66. The van der Waals surface area contributed by atoms with Crippen LogP contribution in [0.5, 0.6) is 0 Å². The fourth-order valence-corrected chi connectivity index (χ4v) is 3.10. The summed E-state index contributed by atoms with van der Waals surface area (Å²) in [6.45, 7) is 4.44. The van der Waals surface area contributed by atoms with E-state index in [9.17, 15) is 9.59 Å². The van der Waals surface area contributed by atoms with Crippen LogP contribution in [0.1, 0.15) is 51.9 Å². The summed E-state index contributed by atoms with van der Waals surface area (Å²) in [4.78, 5) is 25.7. The molecule has 2 fully saturated rings. The van der Waals surface area contributed by atoms with E-state index in [2.05, 4.69) is 0 Å². The monoisotopic (exact) mass is 297 g/mol. The lowest BCUT2D eigenvalue weighted by atomic mass is 9.96. The van der Waals surface area contributed by atoms with E-state index in [-0.39, 0.29) is 23.9 Å². The highest BCUT2D eigenvalue weighted by Gasteiger charge is 2.28. The van der Waals surface area contributed by atoms with E-state index in [0.29, 0.717) is 26.1 Å². The number of amides is 1. The Morgan fingerprint density at radius 3 is 2.57 bits per heavy atom. The Morgan fingerprint density at radius 2 is 1.95 bits per heavy atom. The molecule has 1 atom stereocenters. The maximum absolute atomic E-state index is 12.2. The van der Waals surface area contributed by atoms with Gasteiger partial charge in [-0.1, -0.05) is 0 Å². The van der Waals surface area contributed by atoms with Crippen molar-refractivity contribution < 1.29 is 19.1 Å². The second-order valence-corrected chi connectivity index (χ2v) is 5.93. The molecule has 0 radical (unpaired) electrons. The standard InChI is InChI=1S/C16H27NO4/c1-2-20-16(19)13-8-10-17(11-9-13)15(18)7-6-14-5-3-4-12-21-14/h13-14H,2-12H2,1H3. The second kappa shape index (κ2) is 8.37. The van der Waals surface area contributed by atoms with E-state index in [1.165, 1.54) is 6.42 Å². The average molecular weight is 297 g/mol. The first-order chi connectivity index (χ1) is 10.2. The molecule has 0 saturated carbocycles. The van der Waals surface area contributed by atoms with Gasteiger partial charge in [-0.15, -0.1) is 0 Å². The van der Waals surface area contributed by atoms with Crippen molar-refractivity contribution in [2.45, 2.75) is 58.0 Å². The fraction of sp³-hybridized carbons (Fsp3) is 0.875. The van der Waals surface area contributed by atoms with Crippen molar-refractivity contribution >= 4 is 11.9 Å². The van der Waals surface area contributed by atoms with Gasteiger partial charge in [-0.2, -0.15) is 0 Å². The summed E-state index contributed by atoms with van der Waals surface area (Å²) in [6, 6.07) is 0. The molecule has 0 aromatic carbocycles.